The maximum Gasteiger partial charge on any atom is 0.323 e. The zero-order valence-electron chi connectivity index (χ0n) is 7.05. The first-order valence-electron chi connectivity index (χ1n) is 3.90. The molecule has 4 nitrogen and oxygen atoms in total. The highest BCUT2D eigenvalue weighted by atomic mass is 16.1. The SMILES string of the molecule is CC(=O)c1cccc2[nH]c(=O)[nH]c12. The second-order valence-electron chi connectivity index (χ2n) is 2.86. The summed E-state index contributed by atoms with van der Waals surface area (Å²) >= 11 is 0. The molecule has 0 spiro atoms. The van der Waals surface area contributed by atoms with Crippen molar-refractivity contribution >= 4 is 16.8 Å². The number of H-pyrrole nitrogens is 2. The molecule has 4 heteroatoms. The van der Waals surface area contributed by atoms with Crippen molar-refractivity contribution in [2.75, 3.05) is 0 Å². The molecule has 2 aromatic rings. The average molecular weight is 176 g/mol. The van der Waals surface area contributed by atoms with Crippen LogP contribution in [0, 0.1) is 0 Å². The quantitative estimate of drug-likeness (QED) is 0.638. The summed E-state index contributed by atoms with van der Waals surface area (Å²) in [6, 6.07) is 5.18. The first-order valence-corrected chi connectivity index (χ1v) is 3.90. The number of carbonyl (C=O) groups excluding carboxylic acids is 1. The Morgan fingerprint density at radius 3 is 2.77 bits per heavy atom. The molecule has 0 fully saturated rings. The fourth-order valence-corrected chi connectivity index (χ4v) is 1.35. The van der Waals surface area contributed by atoms with Crippen molar-refractivity contribution in [3.8, 4) is 0 Å². The van der Waals surface area contributed by atoms with E-state index >= 15 is 0 Å². The molecule has 0 aliphatic carbocycles. The monoisotopic (exact) mass is 176 g/mol. The van der Waals surface area contributed by atoms with E-state index in [9.17, 15) is 9.59 Å². The largest absolute Gasteiger partial charge is 0.323 e. The van der Waals surface area contributed by atoms with Crippen LogP contribution >= 0.6 is 0 Å². The van der Waals surface area contributed by atoms with Gasteiger partial charge in [-0.05, 0) is 19.1 Å². The van der Waals surface area contributed by atoms with Crippen molar-refractivity contribution in [3.05, 3.63) is 34.2 Å². The molecule has 13 heavy (non-hydrogen) atoms. The number of hydrogen-bond donors (Lipinski definition) is 2. The van der Waals surface area contributed by atoms with Crippen molar-refractivity contribution in [3.63, 3.8) is 0 Å². The van der Waals surface area contributed by atoms with Gasteiger partial charge in [0.25, 0.3) is 0 Å². The predicted octanol–water partition coefficient (Wildman–Crippen LogP) is 1.06. The van der Waals surface area contributed by atoms with Gasteiger partial charge in [-0.25, -0.2) is 4.79 Å². The van der Waals surface area contributed by atoms with Crippen molar-refractivity contribution in [1.82, 2.24) is 9.97 Å². The highest BCUT2D eigenvalue weighted by Crippen LogP contribution is 2.12. The van der Waals surface area contributed by atoms with Gasteiger partial charge in [-0.3, -0.25) is 4.79 Å². The summed E-state index contributed by atoms with van der Waals surface area (Å²) in [6.07, 6.45) is 0. The molecule has 1 aromatic carbocycles. The van der Waals surface area contributed by atoms with Crippen LogP contribution in [0.5, 0.6) is 0 Å². The van der Waals surface area contributed by atoms with Crippen LogP contribution in [0.1, 0.15) is 17.3 Å². The molecule has 0 saturated carbocycles. The van der Waals surface area contributed by atoms with Gasteiger partial charge < -0.3 is 9.97 Å². The molecule has 0 radical (unpaired) electrons. The Bertz CT molecular complexity index is 522. The molecule has 2 rings (SSSR count). The second-order valence-corrected chi connectivity index (χ2v) is 2.86. The number of rotatable bonds is 1. The third-order valence-corrected chi connectivity index (χ3v) is 1.93. The lowest BCUT2D eigenvalue weighted by atomic mass is 10.1. The number of benzene rings is 1. The Morgan fingerprint density at radius 1 is 1.31 bits per heavy atom. The van der Waals surface area contributed by atoms with Crippen LogP contribution in [0.25, 0.3) is 11.0 Å². The molecule has 2 N–H and O–H groups in total. The minimum atomic E-state index is -0.288. The van der Waals surface area contributed by atoms with Crippen molar-refractivity contribution in [2.45, 2.75) is 6.92 Å². The number of ketones is 1. The Kier molecular flexibility index (Phi) is 1.55. The molecule has 1 heterocycles. The number of hydrogen-bond acceptors (Lipinski definition) is 2. The van der Waals surface area contributed by atoms with Gasteiger partial charge in [-0.15, -0.1) is 0 Å². The van der Waals surface area contributed by atoms with Gasteiger partial charge in [0.1, 0.15) is 0 Å². The third kappa shape index (κ3) is 1.16. The molecule has 1 aromatic heterocycles. The standard InChI is InChI=1S/C9H8N2O2/c1-5(12)6-3-2-4-7-8(6)11-9(13)10-7/h2-4H,1H3,(H2,10,11,13). The van der Waals surface area contributed by atoms with E-state index in [1.807, 2.05) is 0 Å². The van der Waals surface area contributed by atoms with Crippen LogP contribution < -0.4 is 5.69 Å². The van der Waals surface area contributed by atoms with E-state index in [-0.39, 0.29) is 11.5 Å². The summed E-state index contributed by atoms with van der Waals surface area (Å²) in [5.41, 5.74) is 1.50. The zero-order chi connectivity index (χ0) is 9.42. The number of fused-ring (bicyclic) bond motifs is 1. The molecule has 0 aliphatic rings. The lowest BCUT2D eigenvalue weighted by Gasteiger charge is -1.95. The van der Waals surface area contributed by atoms with Gasteiger partial charge in [-0.1, -0.05) is 6.07 Å². The molecule has 0 saturated heterocycles. The van der Waals surface area contributed by atoms with Crippen molar-refractivity contribution in [2.24, 2.45) is 0 Å². The highest BCUT2D eigenvalue weighted by Gasteiger charge is 2.06. The number of aromatic amines is 2. The van der Waals surface area contributed by atoms with E-state index in [1.54, 1.807) is 18.2 Å². The number of nitrogens with one attached hydrogen (secondary N) is 2. The Morgan fingerprint density at radius 2 is 2.08 bits per heavy atom. The van der Waals surface area contributed by atoms with Gasteiger partial charge in [0.15, 0.2) is 5.78 Å². The van der Waals surface area contributed by atoms with Gasteiger partial charge in [-0.2, -0.15) is 0 Å². The van der Waals surface area contributed by atoms with Crippen LogP contribution in [-0.2, 0) is 0 Å². The van der Waals surface area contributed by atoms with Crippen LogP contribution in [0.4, 0.5) is 0 Å². The number of Topliss-reactive ketones (excluding diaryl/α,β-unsaturated/α-hetero) is 1. The molecule has 0 atom stereocenters. The Hall–Kier alpha value is -1.84. The molecule has 0 unspecified atom stereocenters. The van der Waals surface area contributed by atoms with Gasteiger partial charge in [0.2, 0.25) is 0 Å². The smallest absolute Gasteiger partial charge is 0.306 e. The van der Waals surface area contributed by atoms with Crippen LogP contribution in [0.2, 0.25) is 0 Å². The second kappa shape index (κ2) is 2.58. The van der Waals surface area contributed by atoms with Crippen molar-refractivity contribution < 1.29 is 4.79 Å². The number of para-hydroxylation sites is 1. The minimum absolute atomic E-state index is 0.0548. The van der Waals surface area contributed by atoms with Crippen molar-refractivity contribution in [1.29, 1.82) is 0 Å². The van der Waals surface area contributed by atoms with E-state index in [0.717, 1.165) is 0 Å². The predicted molar refractivity (Wildman–Crippen MR) is 48.9 cm³/mol. The van der Waals surface area contributed by atoms with E-state index in [2.05, 4.69) is 9.97 Å². The maximum atomic E-state index is 11.1. The van der Waals surface area contributed by atoms with Gasteiger partial charge in [0.05, 0.1) is 11.0 Å². The fraction of sp³-hybridized carbons (Fsp3) is 0.111. The summed E-state index contributed by atoms with van der Waals surface area (Å²) < 4.78 is 0. The number of imidazole rings is 1. The van der Waals surface area contributed by atoms with Crippen LogP contribution in [-0.4, -0.2) is 15.8 Å². The molecule has 0 aliphatic heterocycles. The molecule has 0 bridgehead atoms. The van der Waals surface area contributed by atoms with Crippen LogP contribution in [0.15, 0.2) is 23.0 Å². The molecule has 0 amide bonds. The maximum absolute atomic E-state index is 11.1. The third-order valence-electron chi connectivity index (χ3n) is 1.93. The average Bonchev–Trinajstić information content (AvgIpc) is 2.43. The Balaban J connectivity index is 2.90. The fourth-order valence-electron chi connectivity index (χ4n) is 1.35. The number of aromatic nitrogens is 2. The zero-order valence-corrected chi connectivity index (χ0v) is 7.05. The summed E-state index contributed by atoms with van der Waals surface area (Å²) in [5, 5.41) is 0. The van der Waals surface area contributed by atoms with E-state index in [1.165, 1.54) is 6.92 Å². The van der Waals surface area contributed by atoms with Gasteiger partial charge >= 0.3 is 5.69 Å². The molecular weight excluding hydrogens is 168 g/mol. The summed E-state index contributed by atoms with van der Waals surface area (Å²) in [7, 11) is 0. The normalized spacial score (nSPS) is 10.5. The lowest BCUT2D eigenvalue weighted by Crippen LogP contribution is -2.00. The Labute approximate surface area is 73.6 Å². The summed E-state index contributed by atoms with van der Waals surface area (Å²) in [4.78, 5) is 27.2. The minimum Gasteiger partial charge on any atom is -0.306 e. The summed E-state index contributed by atoms with van der Waals surface area (Å²) in [6.45, 7) is 1.47. The van der Waals surface area contributed by atoms with E-state index < -0.39 is 0 Å². The number of carbonyl (C=O) groups is 1. The topological polar surface area (TPSA) is 65.7 Å². The lowest BCUT2D eigenvalue weighted by molar-refractivity contribution is 0.101. The first-order chi connectivity index (χ1) is 6.18. The van der Waals surface area contributed by atoms with E-state index in [0.29, 0.717) is 16.6 Å². The molecular formula is C9H8N2O2. The first kappa shape index (κ1) is 7.79. The summed E-state index contributed by atoms with van der Waals surface area (Å²) in [5.74, 6) is -0.0548. The van der Waals surface area contributed by atoms with Crippen LogP contribution in [0.3, 0.4) is 0 Å². The molecule has 66 valence electrons. The van der Waals surface area contributed by atoms with E-state index in [4.69, 9.17) is 0 Å². The van der Waals surface area contributed by atoms with Gasteiger partial charge in [0, 0.05) is 5.56 Å². The highest BCUT2D eigenvalue weighted by molar-refractivity contribution is 6.04.